The maximum absolute atomic E-state index is 13.5. The number of halogens is 2. The predicted octanol–water partition coefficient (Wildman–Crippen LogP) is 6.72. The van der Waals surface area contributed by atoms with Gasteiger partial charge in [0, 0.05) is 22.0 Å². The summed E-state index contributed by atoms with van der Waals surface area (Å²) in [4.78, 5) is 32.8. The molecule has 4 heterocycles. The summed E-state index contributed by atoms with van der Waals surface area (Å²) in [7, 11) is 0. The molecule has 0 saturated carbocycles. The Bertz CT molecular complexity index is 1800. The average molecular weight is 609 g/mol. The van der Waals surface area contributed by atoms with Gasteiger partial charge in [-0.2, -0.15) is 0 Å². The van der Waals surface area contributed by atoms with Gasteiger partial charge in [0.05, 0.1) is 17.3 Å². The van der Waals surface area contributed by atoms with Crippen LogP contribution < -0.4 is 4.90 Å². The van der Waals surface area contributed by atoms with E-state index in [4.69, 9.17) is 23.2 Å². The highest BCUT2D eigenvalue weighted by Crippen LogP contribution is 2.44. The van der Waals surface area contributed by atoms with Crippen molar-refractivity contribution in [3.63, 3.8) is 0 Å². The van der Waals surface area contributed by atoms with Crippen molar-refractivity contribution in [3.8, 4) is 0 Å². The van der Waals surface area contributed by atoms with Gasteiger partial charge >= 0.3 is 5.91 Å². The summed E-state index contributed by atoms with van der Waals surface area (Å²) in [6.07, 6.45) is 1.74. The number of carbonyl (C=O) groups excluding carboxylic acids is 2. The van der Waals surface area contributed by atoms with Crippen molar-refractivity contribution < 1.29 is 14.7 Å². The summed E-state index contributed by atoms with van der Waals surface area (Å²) in [6.45, 7) is 1.74. The van der Waals surface area contributed by atoms with Crippen molar-refractivity contribution >= 4 is 74.5 Å². The standard InChI is InChI=1S/C28H19Cl2N5O3S2/c1-15-22(34-13-3-2-4-20(34)31-15)24(36)21-23(17-7-11-19(30)12-8-17)35(26(38)25(21)37)27-32-33-28(40-27)39-14-16-5-9-18(29)10-6-16/h2-13,23,36H,14H2,1H3. The Balaban J connectivity index is 1.43. The van der Waals surface area contributed by atoms with Crippen LogP contribution in [-0.4, -0.2) is 36.4 Å². The topological polar surface area (TPSA) is 101 Å². The second-order valence-corrected chi connectivity index (χ2v) is 12.0. The minimum absolute atomic E-state index is 0.0633. The molecule has 6 rings (SSSR count). The number of rotatable bonds is 6. The molecule has 1 amide bonds. The Morgan fingerprint density at radius 2 is 1.70 bits per heavy atom. The maximum Gasteiger partial charge on any atom is 0.301 e. The van der Waals surface area contributed by atoms with E-state index < -0.39 is 17.7 Å². The van der Waals surface area contributed by atoms with Crippen LogP contribution in [0.1, 0.15) is 28.6 Å². The number of aliphatic hydroxyl groups is 1. The first-order valence-corrected chi connectivity index (χ1v) is 14.6. The molecule has 1 unspecified atom stereocenters. The fourth-order valence-corrected chi connectivity index (χ4v) is 6.68. The Hall–Kier alpha value is -3.70. The number of amides is 1. The van der Waals surface area contributed by atoms with Crippen molar-refractivity contribution in [1.29, 1.82) is 0 Å². The van der Waals surface area contributed by atoms with Gasteiger partial charge < -0.3 is 5.11 Å². The van der Waals surface area contributed by atoms with E-state index >= 15 is 0 Å². The van der Waals surface area contributed by atoms with Crippen LogP contribution >= 0.6 is 46.3 Å². The summed E-state index contributed by atoms with van der Waals surface area (Å²) >= 11 is 14.8. The third-order valence-corrected chi connectivity index (χ3v) is 9.07. The molecule has 0 radical (unpaired) electrons. The number of carbonyl (C=O) groups is 2. The molecule has 0 spiro atoms. The monoisotopic (exact) mass is 607 g/mol. The fraction of sp³-hybridized carbons (Fsp3) is 0.107. The zero-order chi connectivity index (χ0) is 28.0. The molecule has 12 heteroatoms. The van der Waals surface area contributed by atoms with Gasteiger partial charge in [0.2, 0.25) is 5.13 Å². The van der Waals surface area contributed by atoms with Crippen molar-refractivity contribution in [1.82, 2.24) is 19.6 Å². The van der Waals surface area contributed by atoms with Crippen LogP contribution in [0, 0.1) is 6.92 Å². The number of aliphatic hydroxyl groups excluding tert-OH is 1. The quantitative estimate of drug-likeness (QED) is 0.0751. The van der Waals surface area contributed by atoms with Crippen LogP contribution in [-0.2, 0) is 15.3 Å². The van der Waals surface area contributed by atoms with Crippen molar-refractivity contribution in [2.45, 2.75) is 23.1 Å². The lowest BCUT2D eigenvalue weighted by atomic mass is 9.96. The van der Waals surface area contributed by atoms with E-state index in [2.05, 4.69) is 15.2 Å². The molecule has 5 aromatic rings. The number of imidazole rings is 1. The minimum Gasteiger partial charge on any atom is -0.505 e. The number of thioether (sulfide) groups is 1. The minimum atomic E-state index is -0.951. The number of benzene rings is 2. The molecule has 1 saturated heterocycles. The highest BCUT2D eigenvalue weighted by Gasteiger charge is 2.48. The first-order valence-electron chi connectivity index (χ1n) is 12.0. The lowest BCUT2D eigenvalue weighted by Crippen LogP contribution is -2.29. The Morgan fingerprint density at radius 1 is 1.00 bits per heavy atom. The van der Waals surface area contributed by atoms with Gasteiger partial charge in [0.1, 0.15) is 11.3 Å². The second kappa shape index (κ2) is 10.7. The molecule has 3 aromatic heterocycles. The number of anilines is 1. The number of hydrogen-bond donors (Lipinski definition) is 1. The van der Waals surface area contributed by atoms with E-state index in [1.807, 2.05) is 30.3 Å². The molecule has 1 fully saturated rings. The fourth-order valence-electron chi connectivity index (χ4n) is 4.60. The normalized spacial score (nSPS) is 16.8. The smallest absolute Gasteiger partial charge is 0.301 e. The largest absolute Gasteiger partial charge is 0.505 e. The van der Waals surface area contributed by atoms with E-state index in [9.17, 15) is 14.7 Å². The highest BCUT2D eigenvalue weighted by molar-refractivity contribution is 8.00. The first kappa shape index (κ1) is 26.5. The molecule has 0 bridgehead atoms. The van der Waals surface area contributed by atoms with Crippen LogP contribution in [0.3, 0.4) is 0 Å². The zero-order valence-corrected chi connectivity index (χ0v) is 23.9. The van der Waals surface area contributed by atoms with E-state index in [1.165, 1.54) is 28.0 Å². The SMILES string of the molecule is Cc1nc2ccccn2c1C(O)=C1C(=O)C(=O)N(c2nnc(SCc3ccc(Cl)cc3)s2)C1c1ccc(Cl)cc1. The summed E-state index contributed by atoms with van der Waals surface area (Å²) in [6, 6.07) is 18.7. The Morgan fingerprint density at radius 3 is 2.42 bits per heavy atom. The van der Waals surface area contributed by atoms with Crippen molar-refractivity contribution in [3.05, 3.63) is 111 Å². The predicted molar refractivity (Wildman–Crippen MR) is 157 cm³/mol. The number of fused-ring (bicyclic) bond motifs is 1. The van der Waals surface area contributed by atoms with Gasteiger partial charge in [-0.05, 0) is 54.4 Å². The average Bonchev–Trinajstić information content (AvgIpc) is 3.62. The molecule has 200 valence electrons. The van der Waals surface area contributed by atoms with Crippen molar-refractivity contribution in [2.75, 3.05) is 4.90 Å². The van der Waals surface area contributed by atoms with Gasteiger partial charge in [-0.25, -0.2) is 4.98 Å². The third kappa shape index (κ3) is 4.77. The molecule has 40 heavy (non-hydrogen) atoms. The molecule has 1 N–H and O–H groups in total. The van der Waals surface area contributed by atoms with Crippen LogP contribution in [0.15, 0.2) is 82.8 Å². The van der Waals surface area contributed by atoms with E-state index in [0.29, 0.717) is 42.7 Å². The van der Waals surface area contributed by atoms with E-state index in [0.717, 1.165) is 5.56 Å². The summed E-state index contributed by atoms with van der Waals surface area (Å²) < 4.78 is 2.31. The number of ketones is 1. The lowest BCUT2D eigenvalue weighted by Gasteiger charge is -2.22. The molecule has 1 aliphatic heterocycles. The summed E-state index contributed by atoms with van der Waals surface area (Å²) in [5.41, 5.74) is 3.03. The van der Waals surface area contributed by atoms with Gasteiger partial charge in [0.15, 0.2) is 10.1 Å². The number of pyridine rings is 1. The number of nitrogens with zero attached hydrogens (tertiary/aromatic N) is 5. The summed E-state index contributed by atoms with van der Waals surface area (Å²) in [5.74, 6) is -1.33. The molecular weight excluding hydrogens is 589 g/mol. The third-order valence-electron chi connectivity index (χ3n) is 6.44. The van der Waals surface area contributed by atoms with Crippen LogP contribution in [0.4, 0.5) is 5.13 Å². The second-order valence-electron chi connectivity index (χ2n) is 8.96. The van der Waals surface area contributed by atoms with Crippen LogP contribution in [0.2, 0.25) is 10.0 Å². The van der Waals surface area contributed by atoms with Gasteiger partial charge in [-0.15, -0.1) is 10.2 Å². The number of Topliss-reactive ketones (excluding diaryl/α,β-unsaturated/α-hetero) is 1. The number of hydrogen-bond acceptors (Lipinski definition) is 8. The van der Waals surface area contributed by atoms with Crippen LogP contribution in [0.25, 0.3) is 11.4 Å². The zero-order valence-electron chi connectivity index (χ0n) is 20.8. The highest BCUT2D eigenvalue weighted by atomic mass is 35.5. The van der Waals surface area contributed by atoms with Gasteiger partial charge in [0.25, 0.3) is 5.78 Å². The van der Waals surface area contributed by atoms with Crippen LogP contribution in [0.5, 0.6) is 0 Å². The van der Waals surface area contributed by atoms with Crippen molar-refractivity contribution in [2.24, 2.45) is 0 Å². The molecular formula is C28H19Cl2N5O3S2. The maximum atomic E-state index is 13.5. The molecule has 0 aliphatic carbocycles. The number of aryl methyl sites for hydroxylation is 1. The molecule has 1 atom stereocenters. The lowest BCUT2D eigenvalue weighted by molar-refractivity contribution is -0.132. The number of aromatic nitrogens is 4. The molecule has 2 aromatic carbocycles. The first-order chi connectivity index (χ1) is 19.3. The molecule has 1 aliphatic rings. The Kier molecular flexibility index (Phi) is 7.09. The summed E-state index contributed by atoms with van der Waals surface area (Å²) in [5, 5.41) is 21.5. The van der Waals surface area contributed by atoms with E-state index in [1.54, 1.807) is 53.9 Å². The molecule has 8 nitrogen and oxygen atoms in total. The van der Waals surface area contributed by atoms with Gasteiger partial charge in [-0.3, -0.25) is 18.9 Å². The Labute approximate surface area is 246 Å². The van der Waals surface area contributed by atoms with Gasteiger partial charge in [-0.1, -0.05) is 76.6 Å². The van der Waals surface area contributed by atoms with E-state index in [-0.39, 0.29) is 16.5 Å².